The van der Waals surface area contributed by atoms with Gasteiger partial charge in [0.1, 0.15) is 5.52 Å². The molecule has 1 heterocycles. The topological polar surface area (TPSA) is 29.3 Å². The van der Waals surface area contributed by atoms with E-state index in [4.69, 9.17) is 9.40 Å². The molecule has 9 aromatic carbocycles. The van der Waals surface area contributed by atoms with Crippen molar-refractivity contribution in [3.63, 3.8) is 0 Å². The first-order valence-electron chi connectivity index (χ1n) is 18.3. The second kappa shape index (κ2) is 13.4. The fourth-order valence-corrected chi connectivity index (χ4v) is 7.64. The summed E-state index contributed by atoms with van der Waals surface area (Å²) in [7, 11) is 0. The van der Waals surface area contributed by atoms with Gasteiger partial charge in [0.15, 0.2) is 5.58 Å². The summed E-state index contributed by atoms with van der Waals surface area (Å²) in [6, 6.07) is 73.0. The Kier molecular flexibility index (Phi) is 7.81. The fourth-order valence-electron chi connectivity index (χ4n) is 7.64. The van der Waals surface area contributed by atoms with Crippen molar-refractivity contribution in [2.24, 2.45) is 0 Å². The largest absolute Gasteiger partial charge is 0.435 e. The van der Waals surface area contributed by atoms with E-state index in [-0.39, 0.29) is 0 Å². The van der Waals surface area contributed by atoms with Gasteiger partial charge in [0, 0.05) is 27.7 Å². The summed E-state index contributed by atoms with van der Waals surface area (Å²) >= 11 is 0. The summed E-state index contributed by atoms with van der Waals surface area (Å²) < 4.78 is 6.63. The van der Waals surface area contributed by atoms with Crippen molar-refractivity contribution in [2.75, 3.05) is 4.90 Å². The minimum atomic E-state index is 0.617. The molecule has 0 saturated heterocycles. The number of anilines is 3. The van der Waals surface area contributed by atoms with Crippen LogP contribution in [0, 0.1) is 0 Å². The zero-order valence-corrected chi connectivity index (χ0v) is 29.4. The summed E-state index contributed by atoms with van der Waals surface area (Å²) in [6.07, 6.45) is 0. The maximum atomic E-state index is 6.63. The summed E-state index contributed by atoms with van der Waals surface area (Å²) in [5.74, 6) is 0.617. The summed E-state index contributed by atoms with van der Waals surface area (Å²) in [5.41, 5.74) is 12.8. The van der Waals surface area contributed by atoms with E-state index in [0.717, 1.165) is 55.4 Å². The van der Waals surface area contributed by atoms with Crippen LogP contribution in [-0.2, 0) is 0 Å². The molecule has 0 fully saturated rings. The molecule has 10 aromatic rings. The Labute approximate surface area is 314 Å². The molecule has 254 valence electrons. The van der Waals surface area contributed by atoms with E-state index in [0.29, 0.717) is 5.89 Å². The lowest BCUT2D eigenvalue weighted by Crippen LogP contribution is -2.10. The average molecular weight is 691 g/mol. The Morgan fingerprint density at radius 2 is 1.00 bits per heavy atom. The summed E-state index contributed by atoms with van der Waals surface area (Å²) in [5, 5.41) is 4.44. The SMILES string of the molecule is c1ccc(-c2ccc(N(c3cccc(-c4ccccc4-c4ccccc4)c3)c3cccc4c3ccc3nc(-c5ccc6ccccc6c5)oc34)cc2)cc1. The molecule has 3 nitrogen and oxygen atoms in total. The number of benzene rings is 9. The van der Waals surface area contributed by atoms with Crippen molar-refractivity contribution in [3.8, 4) is 44.8 Å². The molecule has 0 unspecified atom stereocenters. The minimum Gasteiger partial charge on any atom is -0.435 e. The van der Waals surface area contributed by atoms with Crippen LogP contribution in [0.1, 0.15) is 0 Å². The number of oxazole rings is 1. The molecule has 10 rings (SSSR count). The van der Waals surface area contributed by atoms with Gasteiger partial charge in [-0.2, -0.15) is 0 Å². The highest BCUT2D eigenvalue weighted by atomic mass is 16.3. The zero-order chi connectivity index (χ0) is 35.8. The molecule has 0 radical (unpaired) electrons. The van der Waals surface area contributed by atoms with Crippen LogP contribution in [0.3, 0.4) is 0 Å². The Morgan fingerprint density at radius 1 is 0.370 bits per heavy atom. The van der Waals surface area contributed by atoms with Crippen molar-refractivity contribution in [1.29, 1.82) is 0 Å². The van der Waals surface area contributed by atoms with Crippen LogP contribution in [0.5, 0.6) is 0 Å². The van der Waals surface area contributed by atoms with Crippen LogP contribution in [0.2, 0.25) is 0 Å². The molecular weight excluding hydrogens is 657 g/mol. The Hall–Kier alpha value is -7.23. The van der Waals surface area contributed by atoms with Crippen LogP contribution < -0.4 is 4.90 Å². The molecule has 0 atom stereocenters. The second-order valence-electron chi connectivity index (χ2n) is 13.6. The van der Waals surface area contributed by atoms with Gasteiger partial charge in [0.2, 0.25) is 5.89 Å². The van der Waals surface area contributed by atoms with Crippen LogP contribution >= 0.6 is 0 Å². The molecular formula is C51H34N2O. The van der Waals surface area contributed by atoms with E-state index in [1.165, 1.54) is 33.2 Å². The molecule has 54 heavy (non-hydrogen) atoms. The normalized spacial score (nSPS) is 11.3. The fraction of sp³-hybridized carbons (Fsp3) is 0. The van der Waals surface area contributed by atoms with E-state index >= 15 is 0 Å². The summed E-state index contributed by atoms with van der Waals surface area (Å²) in [6.45, 7) is 0. The third-order valence-electron chi connectivity index (χ3n) is 10.3. The zero-order valence-electron chi connectivity index (χ0n) is 29.4. The molecule has 0 aliphatic heterocycles. The minimum absolute atomic E-state index is 0.617. The number of nitrogens with zero attached hydrogens (tertiary/aromatic N) is 2. The molecule has 0 aliphatic rings. The first-order valence-corrected chi connectivity index (χ1v) is 18.3. The number of aromatic nitrogens is 1. The third kappa shape index (κ3) is 5.69. The lowest BCUT2D eigenvalue weighted by Gasteiger charge is -2.27. The predicted octanol–water partition coefficient (Wildman–Crippen LogP) is 14.3. The van der Waals surface area contributed by atoms with Crippen molar-refractivity contribution in [1.82, 2.24) is 4.98 Å². The van der Waals surface area contributed by atoms with Crippen LogP contribution in [-0.4, -0.2) is 4.98 Å². The lowest BCUT2D eigenvalue weighted by molar-refractivity contribution is 0.623. The molecule has 0 aliphatic carbocycles. The van der Waals surface area contributed by atoms with Gasteiger partial charge < -0.3 is 9.32 Å². The highest BCUT2D eigenvalue weighted by molar-refractivity contribution is 6.10. The van der Waals surface area contributed by atoms with Gasteiger partial charge in [-0.1, -0.05) is 152 Å². The number of rotatable bonds is 7. The predicted molar refractivity (Wildman–Crippen MR) is 225 cm³/mol. The Balaban J connectivity index is 1.13. The van der Waals surface area contributed by atoms with Gasteiger partial charge in [-0.25, -0.2) is 4.98 Å². The van der Waals surface area contributed by atoms with Gasteiger partial charge in [-0.15, -0.1) is 0 Å². The van der Waals surface area contributed by atoms with Crippen molar-refractivity contribution >= 4 is 49.7 Å². The molecule has 0 N–H and O–H groups in total. The van der Waals surface area contributed by atoms with Crippen molar-refractivity contribution in [3.05, 3.63) is 206 Å². The van der Waals surface area contributed by atoms with E-state index in [1.54, 1.807) is 0 Å². The van der Waals surface area contributed by atoms with Crippen molar-refractivity contribution in [2.45, 2.75) is 0 Å². The number of hydrogen-bond donors (Lipinski definition) is 0. The van der Waals surface area contributed by atoms with Crippen LogP contribution in [0.15, 0.2) is 211 Å². The number of hydrogen-bond acceptors (Lipinski definition) is 3. The van der Waals surface area contributed by atoms with E-state index < -0.39 is 0 Å². The third-order valence-corrected chi connectivity index (χ3v) is 10.3. The smallest absolute Gasteiger partial charge is 0.227 e. The number of fused-ring (bicyclic) bond motifs is 4. The molecule has 0 amide bonds. The van der Waals surface area contributed by atoms with Gasteiger partial charge >= 0.3 is 0 Å². The molecule has 3 heteroatoms. The highest BCUT2D eigenvalue weighted by Crippen LogP contribution is 2.43. The Bertz CT molecular complexity index is 2930. The van der Waals surface area contributed by atoms with Crippen molar-refractivity contribution < 1.29 is 4.42 Å². The van der Waals surface area contributed by atoms with Gasteiger partial charge in [-0.3, -0.25) is 0 Å². The maximum Gasteiger partial charge on any atom is 0.227 e. The van der Waals surface area contributed by atoms with Crippen LogP contribution in [0.25, 0.3) is 77.5 Å². The first kappa shape index (κ1) is 31.5. The second-order valence-corrected chi connectivity index (χ2v) is 13.6. The quantitative estimate of drug-likeness (QED) is 0.167. The van der Waals surface area contributed by atoms with Gasteiger partial charge in [-0.05, 0) is 98.8 Å². The van der Waals surface area contributed by atoms with Gasteiger partial charge in [0.05, 0.1) is 5.69 Å². The van der Waals surface area contributed by atoms with Crippen LogP contribution in [0.4, 0.5) is 17.1 Å². The first-order chi connectivity index (χ1) is 26.8. The highest BCUT2D eigenvalue weighted by Gasteiger charge is 2.20. The monoisotopic (exact) mass is 690 g/mol. The Morgan fingerprint density at radius 3 is 1.80 bits per heavy atom. The molecule has 0 saturated carbocycles. The lowest BCUT2D eigenvalue weighted by atomic mass is 9.94. The summed E-state index contributed by atoms with van der Waals surface area (Å²) in [4.78, 5) is 7.33. The molecule has 0 bridgehead atoms. The van der Waals surface area contributed by atoms with Gasteiger partial charge in [0.25, 0.3) is 0 Å². The molecule has 0 spiro atoms. The maximum absolute atomic E-state index is 6.63. The van der Waals surface area contributed by atoms with E-state index in [9.17, 15) is 0 Å². The standard InChI is InChI=1S/C51H34N2O/c1-3-13-35(14-4-1)37-27-29-42(30-28-37)53(43-20-11-19-40(34-43)45-22-10-9-21-44(45)38-16-5-2-6-17-38)49-24-12-23-47-46(49)31-32-48-50(47)54-51(52-48)41-26-25-36-15-7-8-18-39(36)33-41/h1-34H. The van der Waals surface area contributed by atoms with E-state index in [2.05, 4.69) is 211 Å². The average Bonchev–Trinajstić information content (AvgIpc) is 3.70. The molecule has 1 aromatic heterocycles. The van der Waals surface area contributed by atoms with E-state index in [1.807, 2.05) is 0 Å².